The Labute approximate surface area is 184 Å². The average molecular weight is 469 g/mol. The highest BCUT2D eigenvalue weighted by Crippen LogP contribution is 2.34. The van der Waals surface area contributed by atoms with Crippen LogP contribution >= 0.6 is 0 Å². The lowest BCUT2D eigenvalue weighted by atomic mass is 10.1. The van der Waals surface area contributed by atoms with Gasteiger partial charge in [-0.25, -0.2) is 10.3 Å². The first-order chi connectivity index (χ1) is 15.6. The number of hydrogen-bond donors (Lipinski definition) is 2. The van der Waals surface area contributed by atoms with Crippen LogP contribution in [-0.2, 0) is 6.18 Å². The lowest BCUT2D eigenvalue weighted by Crippen LogP contribution is -2.41. The van der Waals surface area contributed by atoms with Crippen LogP contribution in [0.2, 0.25) is 0 Å². The summed E-state index contributed by atoms with van der Waals surface area (Å²) < 4.78 is 43.7. The first-order valence-electron chi connectivity index (χ1n) is 9.49. The first kappa shape index (κ1) is 23.6. The molecule has 1 aromatic heterocycles. The van der Waals surface area contributed by atoms with Crippen LogP contribution < -0.4 is 15.1 Å². The van der Waals surface area contributed by atoms with Crippen molar-refractivity contribution in [3.8, 4) is 11.8 Å². The summed E-state index contributed by atoms with van der Waals surface area (Å²) in [6.07, 6.45) is -4.45. The molecule has 0 atom stereocenters. The minimum absolute atomic E-state index is 0.0279. The Bertz CT molecular complexity index is 1040. The fourth-order valence-corrected chi connectivity index (χ4v) is 3.02. The van der Waals surface area contributed by atoms with Crippen molar-refractivity contribution < 1.29 is 37.6 Å². The summed E-state index contributed by atoms with van der Waals surface area (Å²) >= 11 is 0. The maximum Gasteiger partial charge on any atom is 0.416 e. The van der Waals surface area contributed by atoms with Crippen molar-refractivity contribution in [2.75, 3.05) is 13.1 Å². The second-order valence-electron chi connectivity index (χ2n) is 6.93. The number of benzene rings is 1. The number of carboxylic acid groups (broad SMARTS) is 1. The van der Waals surface area contributed by atoms with Crippen LogP contribution in [0.3, 0.4) is 0 Å². The zero-order valence-electron chi connectivity index (χ0n) is 16.9. The SMILES string of the molecule is C=C(NOc1ncnc(OC2CCN(C(=O)O)CC2)c1[N+](=O)[O-])c1ccc(C(F)(F)F)cc1. The molecule has 0 saturated carbocycles. The van der Waals surface area contributed by atoms with E-state index in [1.54, 1.807) is 0 Å². The number of hydrogen-bond acceptors (Lipinski definition) is 8. The Morgan fingerprint density at radius 3 is 2.36 bits per heavy atom. The van der Waals surface area contributed by atoms with Gasteiger partial charge in [0.05, 0.1) is 16.2 Å². The zero-order chi connectivity index (χ0) is 24.2. The number of ether oxygens (including phenoxy) is 1. The number of halogens is 3. The van der Waals surface area contributed by atoms with Gasteiger partial charge in [-0.15, -0.1) is 0 Å². The largest absolute Gasteiger partial charge is 0.469 e. The molecule has 176 valence electrons. The molecule has 11 nitrogen and oxygen atoms in total. The summed E-state index contributed by atoms with van der Waals surface area (Å²) in [4.78, 5) is 35.6. The number of alkyl halides is 3. The number of amides is 1. The Balaban J connectivity index is 1.69. The molecule has 0 unspecified atom stereocenters. The molecule has 14 heteroatoms. The van der Waals surface area contributed by atoms with Gasteiger partial charge in [-0.3, -0.25) is 10.1 Å². The molecule has 0 bridgehead atoms. The number of aromatic nitrogens is 2. The molecule has 2 aromatic rings. The van der Waals surface area contributed by atoms with E-state index in [2.05, 4.69) is 22.0 Å². The maximum atomic E-state index is 12.7. The van der Waals surface area contributed by atoms with Gasteiger partial charge >= 0.3 is 29.7 Å². The summed E-state index contributed by atoms with van der Waals surface area (Å²) in [5.41, 5.74) is 1.08. The highest BCUT2D eigenvalue weighted by Gasteiger charge is 2.32. The van der Waals surface area contributed by atoms with Crippen molar-refractivity contribution in [3.63, 3.8) is 0 Å². The summed E-state index contributed by atoms with van der Waals surface area (Å²) in [6, 6.07) is 4.04. The van der Waals surface area contributed by atoms with E-state index < -0.39 is 40.4 Å². The van der Waals surface area contributed by atoms with Crippen molar-refractivity contribution in [1.29, 1.82) is 0 Å². The Morgan fingerprint density at radius 2 is 1.82 bits per heavy atom. The molecule has 1 saturated heterocycles. The van der Waals surface area contributed by atoms with Gasteiger partial charge in [-0.05, 0) is 12.1 Å². The normalized spacial score (nSPS) is 14.5. The third-order valence-corrected chi connectivity index (χ3v) is 4.76. The van der Waals surface area contributed by atoms with E-state index in [9.17, 15) is 28.1 Å². The monoisotopic (exact) mass is 469 g/mol. The predicted molar refractivity (Wildman–Crippen MR) is 106 cm³/mol. The number of piperidine rings is 1. The highest BCUT2D eigenvalue weighted by molar-refractivity contribution is 5.65. The lowest BCUT2D eigenvalue weighted by Gasteiger charge is -2.29. The maximum absolute atomic E-state index is 12.7. The number of likely N-dealkylation sites (tertiary alicyclic amines) is 1. The fourth-order valence-electron chi connectivity index (χ4n) is 3.02. The van der Waals surface area contributed by atoms with Crippen molar-refractivity contribution in [2.45, 2.75) is 25.1 Å². The van der Waals surface area contributed by atoms with Gasteiger partial charge in [0.1, 0.15) is 12.4 Å². The van der Waals surface area contributed by atoms with Crippen LogP contribution in [0.4, 0.5) is 23.7 Å². The molecule has 1 aliphatic rings. The number of nitrogens with one attached hydrogen (secondary N) is 1. The first-order valence-corrected chi connectivity index (χ1v) is 9.49. The number of nitro groups is 1. The predicted octanol–water partition coefficient (Wildman–Crippen LogP) is 3.48. The Morgan fingerprint density at radius 1 is 1.21 bits per heavy atom. The zero-order valence-corrected chi connectivity index (χ0v) is 16.9. The quantitative estimate of drug-likeness (QED) is 0.461. The van der Waals surface area contributed by atoms with Crippen molar-refractivity contribution in [3.05, 3.63) is 58.4 Å². The summed E-state index contributed by atoms with van der Waals surface area (Å²) in [7, 11) is 0. The molecule has 3 rings (SSSR count). The molecule has 33 heavy (non-hydrogen) atoms. The van der Waals surface area contributed by atoms with Gasteiger partial charge in [0, 0.05) is 31.5 Å². The minimum Gasteiger partial charge on any atom is -0.469 e. The Kier molecular flexibility index (Phi) is 6.84. The number of nitrogens with zero attached hydrogens (tertiary/aromatic N) is 4. The average Bonchev–Trinajstić information content (AvgIpc) is 2.77. The third kappa shape index (κ3) is 5.78. The molecule has 1 amide bonds. The molecule has 1 aromatic carbocycles. The van der Waals surface area contributed by atoms with E-state index in [1.165, 1.54) is 4.90 Å². The molecule has 0 aliphatic carbocycles. The van der Waals surface area contributed by atoms with Crippen LogP contribution in [0.5, 0.6) is 11.8 Å². The second kappa shape index (κ2) is 9.58. The van der Waals surface area contributed by atoms with Gasteiger partial charge in [0.15, 0.2) is 0 Å². The molecule has 0 spiro atoms. The summed E-state index contributed by atoms with van der Waals surface area (Å²) in [5.74, 6) is -0.859. The van der Waals surface area contributed by atoms with Gasteiger partial charge in [-0.2, -0.15) is 23.1 Å². The topological polar surface area (TPSA) is 140 Å². The van der Waals surface area contributed by atoms with E-state index in [4.69, 9.17) is 14.7 Å². The molecular formula is C19H18F3N5O6. The van der Waals surface area contributed by atoms with E-state index in [1.807, 2.05) is 0 Å². The summed E-state index contributed by atoms with van der Waals surface area (Å²) in [6.45, 7) is 4.04. The van der Waals surface area contributed by atoms with Crippen molar-refractivity contribution in [2.24, 2.45) is 0 Å². The highest BCUT2D eigenvalue weighted by atomic mass is 19.4. The van der Waals surface area contributed by atoms with Crippen LogP contribution in [-0.4, -0.2) is 50.2 Å². The molecule has 1 aliphatic heterocycles. The van der Waals surface area contributed by atoms with Gasteiger partial charge in [-0.1, -0.05) is 18.7 Å². The molecular weight excluding hydrogens is 451 g/mol. The lowest BCUT2D eigenvalue weighted by molar-refractivity contribution is -0.388. The molecule has 1 fully saturated rings. The fraction of sp³-hybridized carbons (Fsp3) is 0.316. The van der Waals surface area contributed by atoms with E-state index in [0.717, 1.165) is 30.6 Å². The minimum atomic E-state index is -4.49. The van der Waals surface area contributed by atoms with Crippen molar-refractivity contribution >= 4 is 17.5 Å². The van der Waals surface area contributed by atoms with Gasteiger partial charge in [0.25, 0.3) is 0 Å². The number of carbonyl (C=O) groups is 1. The Hall–Kier alpha value is -4.10. The van der Waals surface area contributed by atoms with Crippen LogP contribution in [0, 0.1) is 10.1 Å². The third-order valence-electron chi connectivity index (χ3n) is 4.76. The van der Waals surface area contributed by atoms with Gasteiger partial charge < -0.3 is 19.6 Å². The number of hydroxylamine groups is 1. The van der Waals surface area contributed by atoms with E-state index in [-0.39, 0.29) is 30.2 Å². The molecule has 0 radical (unpaired) electrons. The van der Waals surface area contributed by atoms with E-state index in [0.29, 0.717) is 12.8 Å². The molecule has 2 heterocycles. The number of rotatable bonds is 7. The smallest absolute Gasteiger partial charge is 0.416 e. The summed E-state index contributed by atoms with van der Waals surface area (Å²) in [5, 5.41) is 20.6. The molecule has 2 N–H and O–H groups in total. The second-order valence-corrected chi connectivity index (χ2v) is 6.93. The van der Waals surface area contributed by atoms with Crippen LogP contribution in [0.15, 0.2) is 37.2 Å². The van der Waals surface area contributed by atoms with Gasteiger partial charge in [0.2, 0.25) is 0 Å². The van der Waals surface area contributed by atoms with E-state index >= 15 is 0 Å². The standard InChI is InChI=1S/C19H18F3N5O6/c1-11(12-2-4-13(5-3-12)19(20,21)22)25-33-17-15(27(30)31)16(23-10-24-17)32-14-6-8-26(9-7-14)18(28)29/h2-5,10,14,25H,1,6-9H2,(H,28,29). The van der Waals surface area contributed by atoms with Crippen molar-refractivity contribution in [1.82, 2.24) is 20.3 Å². The van der Waals surface area contributed by atoms with Crippen LogP contribution in [0.25, 0.3) is 5.70 Å². The van der Waals surface area contributed by atoms with Crippen LogP contribution in [0.1, 0.15) is 24.0 Å².